The number of sulfone groups is 1. The first-order chi connectivity index (χ1) is 13.5. The van der Waals surface area contributed by atoms with E-state index in [1.54, 1.807) is 7.11 Å². The molecule has 1 aliphatic carbocycles. The summed E-state index contributed by atoms with van der Waals surface area (Å²) in [5, 5.41) is 2.94. The molecule has 1 aliphatic rings. The fourth-order valence-corrected chi connectivity index (χ4v) is 4.55. The summed E-state index contributed by atoms with van der Waals surface area (Å²) in [4.78, 5) is 12.4. The van der Waals surface area contributed by atoms with Crippen molar-refractivity contribution in [1.82, 2.24) is 5.32 Å². The molecule has 2 aromatic rings. The number of rotatable bonds is 10. The van der Waals surface area contributed by atoms with Crippen LogP contribution in [-0.4, -0.2) is 32.9 Å². The summed E-state index contributed by atoms with van der Waals surface area (Å²) in [6, 6.07) is 17.2. The molecule has 0 spiro atoms. The summed E-state index contributed by atoms with van der Waals surface area (Å²) < 4.78 is 29.9. The molecule has 1 N–H and O–H groups in total. The van der Waals surface area contributed by atoms with Crippen LogP contribution in [0.1, 0.15) is 36.4 Å². The number of hydrogen-bond acceptors (Lipinski definition) is 4. The van der Waals surface area contributed by atoms with Crippen molar-refractivity contribution in [3.8, 4) is 5.75 Å². The highest BCUT2D eigenvalue weighted by atomic mass is 32.2. The van der Waals surface area contributed by atoms with E-state index < -0.39 is 21.5 Å². The first kappa shape index (κ1) is 20.4. The lowest BCUT2D eigenvalue weighted by Gasteiger charge is -2.19. The average molecular weight is 402 g/mol. The average Bonchev–Trinajstić information content (AvgIpc) is 3.52. The molecule has 1 atom stereocenters. The van der Waals surface area contributed by atoms with E-state index in [0.29, 0.717) is 18.8 Å². The number of hydrogen-bond donors (Lipinski definition) is 1. The maximum Gasteiger partial charge on any atom is 0.235 e. The van der Waals surface area contributed by atoms with Crippen molar-refractivity contribution >= 4 is 15.7 Å². The second kappa shape index (κ2) is 9.24. The Balaban J connectivity index is 1.53. The molecule has 1 saturated carbocycles. The molecule has 1 amide bonds. The maximum absolute atomic E-state index is 12.4. The summed E-state index contributed by atoms with van der Waals surface area (Å²) in [6.07, 6.45) is 3.30. The van der Waals surface area contributed by atoms with Crippen LogP contribution >= 0.6 is 0 Å². The zero-order valence-electron chi connectivity index (χ0n) is 16.1. The van der Waals surface area contributed by atoms with Gasteiger partial charge in [0.05, 0.1) is 18.9 Å². The molecule has 1 fully saturated rings. The Morgan fingerprint density at radius 3 is 2.39 bits per heavy atom. The van der Waals surface area contributed by atoms with Gasteiger partial charge in [0, 0.05) is 0 Å². The third-order valence-electron chi connectivity index (χ3n) is 5.00. The van der Waals surface area contributed by atoms with E-state index in [2.05, 4.69) is 5.32 Å². The molecule has 5 nitrogen and oxygen atoms in total. The Morgan fingerprint density at radius 1 is 1.11 bits per heavy atom. The first-order valence-electron chi connectivity index (χ1n) is 9.64. The van der Waals surface area contributed by atoms with Crippen LogP contribution < -0.4 is 10.1 Å². The topological polar surface area (TPSA) is 72.5 Å². The van der Waals surface area contributed by atoms with E-state index in [4.69, 9.17) is 4.74 Å². The van der Waals surface area contributed by atoms with Crippen molar-refractivity contribution in [2.75, 3.05) is 18.6 Å². The largest absolute Gasteiger partial charge is 0.497 e. The van der Waals surface area contributed by atoms with Gasteiger partial charge in [-0.05, 0) is 54.9 Å². The molecule has 0 saturated heterocycles. The quantitative estimate of drug-likeness (QED) is 0.663. The summed E-state index contributed by atoms with van der Waals surface area (Å²) in [6.45, 7) is 0. The molecule has 2 aromatic carbocycles. The molecule has 1 unspecified atom stereocenters. The van der Waals surface area contributed by atoms with E-state index in [-0.39, 0.29) is 11.8 Å². The number of aryl methyl sites for hydroxylation is 1. The van der Waals surface area contributed by atoms with Gasteiger partial charge in [-0.25, -0.2) is 8.42 Å². The molecule has 3 rings (SSSR count). The van der Waals surface area contributed by atoms with Gasteiger partial charge in [-0.1, -0.05) is 42.5 Å². The number of carbonyl (C=O) groups excluding carboxylic acids is 1. The van der Waals surface area contributed by atoms with Crippen LogP contribution in [-0.2, 0) is 21.1 Å². The molecule has 0 aliphatic heterocycles. The monoisotopic (exact) mass is 401 g/mol. The van der Waals surface area contributed by atoms with Crippen molar-refractivity contribution in [2.45, 2.75) is 31.7 Å². The van der Waals surface area contributed by atoms with Crippen molar-refractivity contribution in [3.05, 3.63) is 65.7 Å². The Kier molecular flexibility index (Phi) is 6.73. The number of nitrogens with one attached hydrogen (secondary N) is 1. The molecule has 28 heavy (non-hydrogen) atoms. The fourth-order valence-electron chi connectivity index (χ4n) is 3.34. The molecule has 0 heterocycles. The second-order valence-electron chi connectivity index (χ2n) is 7.34. The van der Waals surface area contributed by atoms with Gasteiger partial charge in [0.25, 0.3) is 0 Å². The SMILES string of the molecule is COc1ccc(C(NC(=O)CS(=O)(=O)CCCc2ccccc2)C2CC2)cc1. The van der Waals surface area contributed by atoms with Crippen LogP contribution in [0.25, 0.3) is 0 Å². The minimum atomic E-state index is -3.43. The number of carbonyl (C=O) groups is 1. The summed E-state index contributed by atoms with van der Waals surface area (Å²) in [5.41, 5.74) is 2.09. The normalized spacial score (nSPS) is 15.0. The highest BCUT2D eigenvalue weighted by Crippen LogP contribution is 2.41. The maximum atomic E-state index is 12.4. The zero-order valence-corrected chi connectivity index (χ0v) is 17.0. The molecule has 6 heteroatoms. The Labute approximate surface area is 167 Å². The van der Waals surface area contributed by atoms with Gasteiger partial charge in [-0.3, -0.25) is 4.79 Å². The van der Waals surface area contributed by atoms with Gasteiger partial charge >= 0.3 is 0 Å². The molecule has 0 radical (unpaired) electrons. The van der Waals surface area contributed by atoms with Gasteiger partial charge in [0.2, 0.25) is 5.91 Å². The van der Waals surface area contributed by atoms with Crippen molar-refractivity contribution in [3.63, 3.8) is 0 Å². The van der Waals surface area contributed by atoms with E-state index in [1.165, 1.54) is 0 Å². The second-order valence-corrected chi connectivity index (χ2v) is 9.52. The zero-order chi connectivity index (χ0) is 20.0. The Hall–Kier alpha value is -2.34. The van der Waals surface area contributed by atoms with Crippen LogP contribution in [0.15, 0.2) is 54.6 Å². The lowest BCUT2D eigenvalue weighted by molar-refractivity contribution is -0.119. The highest BCUT2D eigenvalue weighted by molar-refractivity contribution is 7.92. The smallest absolute Gasteiger partial charge is 0.235 e. The summed E-state index contributed by atoms with van der Waals surface area (Å²) in [5.74, 6) is 0.267. The molecule has 150 valence electrons. The third kappa shape index (κ3) is 6.09. The number of methoxy groups -OCH3 is 1. The number of ether oxygens (including phenoxy) is 1. The van der Waals surface area contributed by atoms with Gasteiger partial charge < -0.3 is 10.1 Å². The van der Waals surface area contributed by atoms with E-state index >= 15 is 0 Å². The van der Waals surface area contributed by atoms with Gasteiger partial charge in [0.1, 0.15) is 11.5 Å². The van der Waals surface area contributed by atoms with E-state index in [9.17, 15) is 13.2 Å². The van der Waals surface area contributed by atoms with Crippen LogP contribution in [0, 0.1) is 5.92 Å². The molecular formula is C22H27NO4S. The lowest BCUT2D eigenvalue weighted by Crippen LogP contribution is -2.35. The van der Waals surface area contributed by atoms with Gasteiger partial charge in [-0.2, -0.15) is 0 Å². The summed E-state index contributed by atoms with van der Waals surface area (Å²) in [7, 11) is -1.82. The van der Waals surface area contributed by atoms with E-state index in [0.717, 1.165) is 29.7 Å². The minimum Gasteiger partial charge on any atom is -0.497 e. The van der Waals surface area contributed by atoms with Crippen molar-refractivity contribution < 1.29 is 17.9 Å². The number of benzene rings is 2. The molecule has 0 aromatic heterocycles. The Morgan fingerprint density at radius 2 is 1.79 bits per heavy atom. The van der Waals surface area contributed by atoms with Crippen molar-refractivity contribution in [1.29, 1.82) is 0 Å². The molecule has 0 bridgehead atoms. The van der Waals surface area contributed by atoms with E-state index in [1.807, 2.05) is 54.6 Å². The predicted molar refractivity (Wildman–Crippen MR) is 110 cm³/mol. The van der Waals surface area contributed by atoms with Crippen LogP contribution in [0.3, 0.4) is 0 Å². The van der Waals surface area contributed by atoms with Crippen molar-refractivity contribution in [2.24, 2.45) is 5.92 Å². The summed E-state index contributed by atoms with van der Waals surface area (Å²) >= 11 is 0. The van der Waals surface area contributed by atoms with Crippen LogP contribution in [0.2, 0.25) is 0 Å². The highest BCUT2D eigenvalue weighted by Gasteiger charge is 2.34. The van der Waals surface area contributed by atoms with Gasteiger partial charge in [0.15, 0.2) is 9.84 Å². The molecular weight excluding hydrogens is 374 g/mol. The standard InChI is InChI=1S/C22H27NO4S/c1-27-20-13-11-19(12-14-20)22(18-9-10-18)23-21(24)16-28(25,26)15-5-8-17-6-3-2-4-7-17/h2-4,6-7,11-14,18,22H,5,8-10,15-16H2,1H3,(H,23,24). The first-order valence-corrected chi connectivity index (χ1v) is 11.5. The minimum absolute atomic E-state index is 0.0198. The third-order valence-corrected chi connectivity index (χ3v) is 6.61. The van der Waals surface area contributed by atoms with Crippen LogP contribution in [0.5, 0.6) is 5.75 Å². The number of amides is 1. The lowest BCUT2D eigenvalue weighted by atomic mass is 10.0. The van der Waals surface area contributed by atoms with Gasteiger partial charge in [-0.15, -0.1) is 0 Å². The van der Waals surface area contributed by atoms with Crippen LogP contribution in [0.4, 0.5) is 0 Å². The fraction of sp³-hybridized carbons (Fsp3) is 0.409. The Bertz CT molecular complexity index is 875. The predicted octanol–water partition coefficient (Wildman–Crippen LogP) is 3.31.